The molecule has 0 radical (unpaired) electrons. The number of furan rings is 1. The Kier molecular flexibility index (Phi) is 6.18. The first kappa shape index (κ1) is 21.3. The van der Waals surface area contributed by atoms with Gasteiger partial charge < -0.3 is 9.73 Å². The first-order chi connectivity index (χ1) is 14.3. The summed E-state index contributed by atoms with van der Waals surface area (Å²) in [6.45, 7) is 0. The third-order valence-electron chi connectivity index (χ3n) is 6.37. The lowest BCUT2D eigenvalue weighted by Crippen LogP contribution is -2.44. The zero-order valence-electron chi connectivity index (χ0n) is 17.7. The summed E-state index contributed by atoms with van der Waals surface area (Å²) < 4.78 is 33.9. The average molecular weight is 434 g/mol. The highest BCUT2D eigenvalue weighted by Gasteiger charge is 2.29. The summed E-state index contributed by atoms with van der Waals surface area (Å²) in [5.41, 5.74) is 3.00. The molecule has 1 saturated carbocycles. The van der Waals surface area contributed by atoms with Crippen LogP contribution >= 0.6 is 0 Å². The molecule has 0 aliphatic heterocycles. The Labute approximate surface area is 178 Å². The van der Waals surface area contributed by atoms with E-state index in [4.69, 9.17) is 4.42 Å². The van der Waals surface area contributed by atoms with Crippen molar-refractivity contribution in [3.8, 4) is 0 Å². The lowest BCUT2D eigenvalue weighted by atomic mass is 9.86. The number of hydrogen-bond donors (Lipinski definition) is 2. The summed E-state index contributed by atoms with van der Waals surface area (Å²) in [5, 5.41) is 4.19. The van der Waals surface area contributed by atoms with Gasteiger partial charge in [-0.05, 0) is 63.1 Å². The Morgan fingerprint density at radius 3 is 2.53 bits per heavy atom. The number of fused-ring (bicyclic) bond motifs is 3. The molecule has 1 aromatic heterocycles. The van der Waals surface area contributed by atoms with Crippen molar-refractivity contribution in [1.82, 2.24) is 9.03 Å². The number of carbonyl (C=O) groups is 1. The highest BCUT2D eigenvalue weighted by atomic mass is 32.2. The van der Waals surface area contributed by atoms with Gasteiger partial charge in [-0.15, -0.1) is 0 Å². The highest BCUT2D eigenvalue weighted by molar-refractivity contribution is 7.87. The number of hydrogen-bond acceptors (Lipinski definition) is 4. The smallest absolute Gasteiger partial charge is 0.279 e. The molecule has 164 valence electrons. The minimum absolute atomic E-state index is 0.0119. The van der Waals surface area contributed by atoms with E-state index in [9.17, 15) is 13.2 Å². The standard InChI is InChI=1S/C22H31N3O4S/c1-25(2)30(27,28)24-16-10-8-15(9-11-16)22(26)23-17-12-13-21-19(14-17)18-6-4-3-5-7-20(18)29-21/h12-16,24H,3-11H2,1-2H3,(H,23,26). The van der Waals surface area contributed by atoms with E-state index < -0.39 is 10.2 Å². The molecule has 0 unspecified atom stereocenters. The molecule has 0 atom stereocenters. The maximum atomic E-state index is 12.8. The minimum atomic E-state index is -3.44. The molecule has 0 spiro atoms. The van der Waals surface area contributed by atoms with Crippen LogP contribution < -0.4 is 10.0 Å². The van der Waals surface area contributed by atoms with E-state index in [0.29, 0.717) is 25.7 Å². The number of rotatable bonds is 5. The van der Waals surface area contributed by atoms with Crippen molar-refractivity contribution in [2.45, 2.75) is 63.8 Å². The predicted octanol–water partition coefficient (Wildman–Crippen LogP) is 3.60. The summed E-state index contributed by atoms with van der Waals surface area (Å²) >= 11 is 0. The van der Waals surface area contributed by atoms with Crippen LogP contribution in [-0.2, 0) is 27.8 Å². The second-order valence-electron chi connectivity index (χ2n) is 8.72. The molecule has 0 saturated heterocycles. The molecular weight excluding hydrogens is 402 g/mol. The summed E-state index contributed by atoms with van der Waals surface area (Å²) in [6.07, 6.45) is 8.29. The summed E-state index contributed by atoms with van der Waals surface area (Å²) in [6, 6.07) is 5.78. The lowest BCUT2D eigenvalue weighted by Gasteiger charge is -2.29. The third-order valence-corrected chi connectivity index (χ3v) is 7.96. The van der Waals surface area contributed by atoms with Gasteiger partial charge in [0.2, 0.25) is 5.91 Å². The van der Waals surface area contributed by atoms with Crippen LogP contribution in [0.3, 0.4) is 0 Å². The van der Waals surface area contributed by atoms with Crippen molar-refractivity contribution in [3.63, 3.8) is 0 Å². The van der Waals surface area contributed by atoms with Crippen molar-refractivity contribution in [2.75, 3.05) is 19.4 Å². The molecule has 4 rings (SSSR count). The molecule has 1 heterocycles. The number of carbonyl (C=O) groups excluding carboxylic acids is 1. The van der Waals surface area contributed by atoms with E-state index in [-0.39, 0.29) is 17.9 Å². The van der Waals surface area contributed by atoms with E-state index in [1.54, 1.807) is 0 Å². The monoisotopic (exact) mass is 433 g/mol. The molecule has 2 aliphatic rings. The van der Waals surface area contributed by atoms with Gasteiger partial charge in [0.15, 0.2) is 0 Å². The Bertz CT molecular complexity index is 1020. The Hall–Kier alpha value is -1.90. The molecule has 0 bridgehead atoms. The molecule has 2 N–H and O–H groups in total. The number of nitrogens with zero attached hydrogens (tertiary/aromatic N) is 1. The van der Waals surface area contributed by atoms with Crippen molar-refractivity contribution in [2.24, 2.45) is 5.92 Å². The fourth-order valence-electron chi connectivity index (χ4n) is 4.55. The van der Waals surface area contributed by atoms with Gasteiger partial charge in [-0.25, -0.2) is 0 Å². The summed E-state index contributed by atoms with van der Waals surface area (Å²) in [4.78, 5) is 12.8. The molecule has 1 fully saturated rings. The Morgan fingerprint density at radius 1 is 1.07 bits per heavy atom. The van der Waals surface area contributed by atoms with Gasteiger partial charge in [0.1, 0.15) is 11.3 Å². The van der Waals surface area contributed by atoms with E-state index in [0.717, 1.165) is 35.3 Å². The van der Waals surface area contributed by atoms with Gasteiger partial charge >= 0.3 is 0 Å². The summed E-state index contributed by atoms with van der Waals surface area (Å²) in [5.74, 6) is 1.02. The van der Waals surface area contributed by atoms with Crippen molar-refractivity contribution in [3.05, 3.63) is 29.5 Å². The first-order valence-corrected chi connectivity index (χ1v) is 12.3. The fraction of sp³-hybridized carbons (Fsp3) is 0.591. The van der Waals surface area contributed by atoms with Crippen molar-refractivity contribution >= 4 is 32.8 Å². The van der Waals surface area contributed by atoms with Crippen molar-refractivity contribution < 1.29 is 17.6 Å². The quantitative estimate of drug-likeness (QED) is 0.705. The van der Waals surface area contributed by atoms with E-state index in [2.05, 4.69) is 10.0 Å². The fourth-order valence-corrected chi connectivity index (χ4v) is 5.42. The van der Waals surface area contributed by atoms with E-state index >= 15 is 0 Å². The maximum absolute atomic E-state index is 12.8. The Balaban J connectivity index is 1.39. The van der Waals surface area contributed by atoms with Crippen LogP contribution in [0.4, 0.5) is 5.69 Å². The van der Waals surface area contributed by atoms with Crippen LogP contribution in [0.2, 0.25) is 0 Å². The number of amides is 1. The normalized spacial score (nSPS) is 22.6. The number of aryl methyl sites for hydroxylation is 2. The number of anilines is 1. The van der Waals surface area contributed by atoms with Gasteiger partial charge in [-0.2, -0.15) is 17.4 Å². The second kappa shape index (κ2) is 8.69. The van der Waals surface area contributed by atoms with Gasteiger partial charge in [0.25, 0.3) is 10.2 Å². The van der Waals surface area contributed by atoms with Crippen LogP contribution in [0.25, 0.3) is 11.0 Å². The predicted molar refractivity (Wildman–Crippen MR) is 118 cm³/mol. The molecule has 2 aromatic rings. The SMILES string of the molecule is CN(C)S(=O)(=O)NC1CCC(C(=O)Nc2ccc3oc4c(c3c2)CCCCC4)CC1. The highest BCUT2D eigenvalue weighted by Crippen LogP contribution is 2.33. The second-order valence-corrected chi connectivity index (χ2v) is 10.6. The average Bonchev–Trinajstić information content (AvgIpc) is 2.88. The molecule has 30 heavy (non-hydrogen) atoms. The largest absolute Gasteiger partial charge is 0.461 e. The third kappa shape index (κ3) is 4.55. The van der Waals surface area contributed by atoms with Crippen LogP contribution in [0.5, 0.6) is 0 Å². The van der Waals surface area contributed by atoms with Crippen LogP contribution in [0.15, 0.2) is 22.6 Å². The molecule has 8 heteroatoms. The molecular formula is C22H31N3O4S. The zero-order chi connectivity index (χ0) is 21.3. The zero-order valence-corrected chi connectivity index (χ0v) is 18.6. The molecule has 1 amide bonds. The Morgan fingerprint density at radius 2 is 1.80 bits per heavy atom. The van der Waals surface area contributed by atoms with Crippen LogP contribution in [-0.4, -0.2) is 38.8 Å². The lowest BCUT2D eigenvalue weighted by molar-refractivity contribution is -0.120. The van der Waals surface area contributed by atoms with Gasteiger partial charge in [-0.3, -0.25) is 4.79 Å². The van der Waals surface area contributed by atoms with E-state index in [1.165, 1.54) is 43.2 Å². The van der Waals surface area contributed by atoms with Crippen LogP contribution in [0.1, 0.15) is 56.3 Å². The first-order valence-electron chi connectivity index (χ1n) is 10.9. The van der Waals surface area contributed by atoms with Gasteiger partial charge in [-0.1, -0.05) is 6.42 Å². The number of nitrogens with one attached hydrogen (secondary N) is 2. The number of benzene rings is 1. The van der Waals surface area contributed by atoms with Gasteiger partial charge in [0, 0.05) is 49.1 Å². The molecule has 1 aromatic carbocycles. The van der Waals surface area contributed by atoms with Crippen LogP contribution in [0, 0.1) is 5.92 Å². The summed E-state index contributed by atoms with van der Waals surface area (Å²) in [7, 11) is -0.414. The molecule has 7 nitrogen and oxygen atoms in total. The molecule has 2 aliphatic carbocycles. The van der Waals surface area contributed by atoms with E-state index in [1.807, 2.05) is 18.2 Å². The topological polar surface area (TPSA) is 91.7 Å². The maximum Gasteiger partial charge on any atom is 0.279 e. The van der Waals surface area contributed by atoms with Gasteiger partial charge in [0.05, 0.1) is 0 Å². The minimum Gasteiger partial charge on any atom is -0.461 e. The van der Waals surface area contributed by atoms with Crippen molar-refractivity contribution in [1.29, 1.82) is 0 Å².